The SMILES string of the molecule is C[Si]1(C)CCCN1C1CCC(C(=O)O)([Si](C)(C)C)C1. The largest absolute Gasteiger partial charge is 0.481 e. The minimum Gasteiger partial charge on any atom is -0.481 e. The lowest BCUT2D eigenvalue weighted by Gasteiger charge is -2.39. The Morgan fingerprint density at radius 2 is 2.00 bits per heavy atom. The van der Waals surface area contributed by atoms with E-state index in [9.17, 15) is 9.90 Å². The maximum atomic E-state index is 11.9. The molecule has 1 aliphatic heterocycles. The van der Waals surface area contributed by atoms with Crippen LogP contribution in [0.3, 0.4) is 0 Å². The Bertz CT molecular complexity index is 378. The van der Waals surface area contributed by atoms with E-state index in [1.165, 1.54) is 19.0 Å². The van der Waals surface area contributed by atoms with Gasteiger partial charge in [-0.25, -0.2) is 0 Å². The van der Waals surface area contributed by atoms with Gasteiger partial charge in [-0.3, -0.25) is 4.79 Å². The van der Waals surface area contributed by atoms with Gasteiger partial charge in [-0.2, -0.15) is 0 Å². The maximum Gasteiger partial charge on any atom is 0.306 e. The summed E-state index contributed by atoms with van der Waals surface area (Å²) in [5.41, 5.74) is 0. The van der Waals surface area contributed by atoms with Gasteiger partial charge >= 0.3 is 5.97 Å². The van der Waals surface area contributed by atoms with E-state index in [4.69, 9.17) is 0 Å². The zero-order valence-electron chi connectivity index (χ0n) is 13.1. The summed E-state index contributed by atoms with van der Waals surface area (Å²) in [5.74, 6) is -0.521. The van der Waals surface area contributed by atoms with Gasteiger partial charge in [0.2, 0.25) is 0 Å². The molecular weight excluding hydrogens is 270 g/mol. The second-order valence-corrected chi connectivity index (χ2v) is 18.3. The van der Waals surface area contributed by atoms with E-state index < -0.39 is 22.3 Å². The van der Waals surface area contributed by atoms with Crippen molar-refractivity contribution >= 4 is 22.3 Å². The van der Waals surface area contributed by atoms with Crippen LogP contribution in [-0.2, 0) is 4.79 Å². The van der Waals surface area contributed by atoms with Crippen molar-refractivity contribution in [1.82, 2.24) is 4.57 Å². The van der Waals surface area contributed by atoms with Crippen molar-refractivity contribution in [3.8, 4) is 0 Å². The highest BCUT2D eigenvalue weighted by Gasteiger charge is 2.56. The number of hydrogen-bond acceptors (Lipinski definition) is 2. The van der Waals surface area contributed by atoms with E-state index in [0.717, 1.165) is 19.3 Å². The Kier molecular flexibility index (Phi) is 3.78. The van der Waals surface area contributed by atoms with Gasteiger partial charge in [0, 0.05) is 6.04 Å². The molecule has 1 N–H and O–H groups in total. The molecule has 0 aromatic rings. The molecule has 5 heteroatoms. The molecule has 3 nitrogen and oxygen atoms in total. The monoisotopic (exact) mass is 299 g/mol. The van der Waals surface area contributed by atoms with Crippen LogP contribution in [0, 0.1) is 0 Å². The molecule has 1 aliphatic carbocycles. The third-order valence-corrected chi connectivity index (χ3v) is 13.0. The van der Waals surface area contributed by atoms with Gasteiger partial charge in [-0.1, -0.05) is 32.7 Å². The predicted molar refractivity (Wildman–Crippen MR) is 84.9 cm³/mol. The molecule has 110 valence electrons. The van der Waals surface area contributed by atoms with Crippen LogP contribution in [-0.4, -0.2) is 44.5 Å². The molecule has 0 spiro atoms. The normalized spacial score (nSPS) is 35.7. The van der Waals surface area contributed by atoms with Crippen LogP contribution in [0.15, 0.2) is 0 Å². The summed E-state index contributed by atoms with van der Waals surface area (Å²) in [5, 5.41) is 9.43. The van der Waals surface area contributed by atoms with E-state index in [1.54, 1.807) is 0 Å². The number of rotatable bonds is 3. The molecule has 1 saturated heterocycles. The molecule has 2 rings (SSSR count). The van der Waals surface area contributed by atoms with Crippen LogP contribution in [0.25, 0.3) is 0 Å². The standard InChI is InChI=1S/C14H29NO2Si2/c1-18(2,3)14(13(16)17)8-7-12(11-14)15-9-6-10-19(15,4)5/h12H,6-11H2,1-5H3,(H,16,17). The summed E-state index contributed by atoms with van der Waals surface area (Å²) in [4.78, 5) is 11.9. The number of nitrogens with zero attached hydrogens (tertiary/aromatic N) is 1. The number of hydrogen-bond donors (Lipinski definition) is 1. The van der Waals surface area contributed by atoms with Crippen LogP contribution in [0.5, 0.6) is 0 Å². The van der Waals surface area contributed by atoms with Gasteiger partial charge in [0.15, 0.2) is 0 Å². The van der Waals surface area contributed by atoms with Crippen molar-refractivity contribution in [1.29, 1.82) is 0 Å². The molecule has 0 amide bonds. The van der Waals surface area contributed by atoms with Gasteiger partial charge in [-0.15, -0.1) is 0 Å². The fourth-order valence-corrected chi connectivity index (χ4v) is 9.95. The van der Waals surface area contributed by atoms with Crippen molar-refractivity contribution < 1.29 is 9.90 Å². The second-order valence-electron chi connectivity index (χ2n) is 8.14. The molecule has 1 heterocycles. The summed E-state index contributed by atoms with van der Waals surface area (Å²) in [6.07, 6.45) is 4.24. The molecule has 0 aromatic carbocycles. The smallest absolute Gasteiger partial charge is 0.306 e. The van der Waals surface area contributed by atoms with E-state index >= 15 is 0 Å². The van der Waals surface area contributed by atoms with E-state index in [0.29, 0.717) is 6.04 Å². The third-order valence-electron chi connectivity index (χ3n) is 5.74. The fraction of sp³-hybridized carbons (Fsp3) is 0.929. The molecule has 19 heavy (non-hydrogen) atoms. The minimum atomic E-state index is -1.69. The highest BCUT2D eigenvalue weighted by molar-refractivity contribution is 6.82. The molecule has 2 aliphatic rings. The molecular formula is C14H29NO2Si2. The van der Waals surface area contributed by atoms with Crippen molar-refractivity contribution in [2.45, 2.75) is 75.5 Å². The van der Waals surface area contributed by atoms with Crippen LogP contribution >= 0.6 is 0 Å². The van der Waals surface area contributed by atoms with Crippen LogP contribution < -0.4 is 0 Å². The zero-order valence-corrected chi connectivity index (χ0v) is 15.1. The molecule has 2 fully saturated rings. The van der Waals surface area contributed by atoms with Crippen molar-refractivity contribution in [3.05, 3.63) is 0 Å². The Balaban J connectivity index is 2.21. The van der Waals surface area contributed by atoms with Crippen molar-refractivity contribution in [2.24, 2.45) is 0 Å². The number of carboxylic acid groups (broad SMARTS) is 1. The summed E-state index contributed by atoms with van der Waals surface area (Å²) < 4.78 is 2.73. The summed E-state index contributed by atoms with van der Waals surface area (Å²) in [7, 11) is -2.92. The Labute approximate surface area is 119 Å². The number of carbonyl (C=O) groups is 1. The highest BCUT2D eigenvalue weighted by atomic mass is 28.3. The zero-order chi connectivity index (χ0) is 14.5. The summed E-state index contributed by atoms with van der Waals surface area (Å²) in [6.45, 7) is 12.8. The van der Waals surface area contributed by atoms with Gasteiger partial charge in [-0.05, 0) is 38.3 Å². The minimum absolute atomic E-state index is 0.384. The summed E-state index contributed by atoms with van der Waals surface area (Å²) in [6, 6.07) is 1.93. The molecule has 0 radical (unpaired) electrons. The first kappa shape index (κ1) is 15.3. The van der Waals surface area contributed by atoms with Crippen molar-refractivity contribution in [2.75, 3.05) is 6.54 Å². The average molecular weight is 300 g/mol. The fourth-order valence-electron chi connectivity index (χ4n) is 4.29. The quantitative estimate of drug-likeness (QED) is 0.809. The van der Waals surface area contributed by atoms with Gasteiger partial charge in [0.25, 0.3) is 0 Å². The topological polar surface area (TPSA) is 40.5 Å². The highest BCUT2D eigenvalue weighted by Crippen LogP contribution is 2.54. The van der Waals surface area contributed by atoms with E-state index in [-0.39, 0.29) is 5.04 Å². The molecule has 0 aromatic heterocycles. The van der Waals surface area contributed by atoms with E-state index in [2.05, 4.69) is 37.3 Å². The maximum absolute atomic E-state index is 11.9. The summed E-state index contributed by atoms with van der Waals surface area (Å²) >= 11 is 0. The van der Waals surface area contributed by atoms with E-state index in [1.807, 2.05) is 0 Å². The lowest BCUT2D eigenvalue weighted by molar-refractivity contribution is -0.140. The first-order chi connectivity index (χ1) is 8.60. The van der Waals surface area contributed by atoms with Gasteiger partial charge < -0.3 is 9.67 Å². The van der Waals surface area contributed by atoms with Crippen LogP contribution in [0.1, 0.15) is 25.7 Å². The first-order valence-corrected chi connectivity index (χ1v) is 14.3. The average Bonchev–Trinajstić information content (AvgIpc) is 2.80. The third kappa shape index (κ3) is 2.45. The Morgan fingerprint density at radius 3 is 2.37 bits per heavy atom. The lowest BCUT2D eigenvalue weighted by Crippen LogP contribution is -2.50. The van der Waals surface area contributed by atoms with Crippen LogP contribution in [0.4, 0.5) is 0 Å². The van der Waals surface area contributed by atoms with Gasteiger partial charge in [0.1, 0.15) is 8.24 Å². The number of aliphatic carboxylic acids is 1. The lowest BCUT2D eigenvalue weighted by atomic mass is 10.1. The Morgan fingerprint density at radius 1 is 1.37 bits per heavy atom. The van der Waals surface area contributed by atoms with Crippen molar-refractivity contribution in [3.63, 3.8) is 0 Å². The first-order valence-electron chi connectivity index (χ1n) is 7.60. The Hall–Kier alpha value is -0.136. The van der Waals surface area contributed by atoms with Gasteiger partial charge in [0.05, 0.1) is 13.1 Å². The second kappa shape index (κ2) is 4.70. The molecule has 1 saturated carbocycles. The number of carboxylic acids is 1. The molecule has 2 atom stereocenters. The van der Waals surface area contributed by atoms with Crippen LogP contribution in [0.2, 0.25) is 43.8 Å². The predicted octanol–water partition coefficient (Wildman–Crippen LogP) is 3.61. The molecule has 2 unspecified atom stereocenters. The molecule has 0 bridgehead atoms.